The summed E-state index contributed by atoms with van der Waals surface area (Å²) in [6.07, 6.45) is 3.88. The van der Waals surface area contributed by atoms with E-state index >= 15 is 0 Å². The Labute approximate surface area is 73.6 Å². The third kappa shape index (κ3) is 1.17. The van der Waals surface area contributed by atoms with Crippen molar-refractivity contribution in [3.05, 3.63) is 0 Å². The Hall–Kier alpha value is -0.0800. The molecule has 0 heterocycles. The van der Waals surface area contributed by atoms with Crippen LogP contribution < -0.4 is 0 Å². The smallest absolute Gasteiger partial charge is 0.0621 e. The van der Waals surface area contributed by atoms with Crippen molar-refractivity contribution >= 4 is 0 Å². The fourth-order valence-electron chi connectivity index (χ4n) is 3.07. The highest BCUT2D eigenvalue weighted by Crippen LogP contribution is 2.45. The van der Waals surface area contributed by atoms with Crippen molar-refractivity contribution in [1.82, 2.24) is 0 Å². The van der Waals surface area contributed by atoms with Gasteiger partial charge in [-0.05, 0) is 31.1 Å². The van der Waals surface area contributed by atoms with Crippen LogP contribution in [0.1, 0.15) is 32.6 Å². The van der Waals surface area contributed by atoms with Gasteiger partial charge in [0.25, 0.3) is 0 Å². The molecule has 2 nitrogen and oxygen atoms in total. The molecule has 70 valence electrons. The number of fused-ring (bicyclic) bond motifs is 1. The van der Waals surface area contributed by atoms with Crippen LogP contribution in [0.15, 0.2) is 0 Å². The van der Waals surface area contributed by atoms with Crippen molar-refractivity contribution in [3.63, 3.8) is 0 Å². The fourth-order valence-corrected chi connectivity index (χ4v) is 3.07. The molecular formula is C10H18O2. The van der Waals surface area contributed by atoms with Gasteiger partial charge in [0.1, 0.15) is 0 Å². The predicted molar refractivity (Wildman–Crippen MR) is 46.6 cm³/mol. The van der Waals surface area contributed by atoms with Gasteiger partial charge >= 0.3 is 0 Å². The summed E-state index contributed by atoms with van der Waals surface area (Å²) in [6, 6.07) is 0. The first-order chi connectivity index (χ1) is 5.70. The van der Waals surface area contributed by atoms with Gasteiger partial charge in [0.2, 0.25) is 0 Å². The van der Waals surface area contributed by atoms with Gasteiger partial charge in [-0.3, -0.25) is 0 Å². The maximum atomic E-state index is 9.80. The van der Waals surface area contributed by atoms with Gasteiger partial charge in [0, 0.05) is 5.92 Å². The Bertz CT molecular complexity index is 169. The molecule has 2 heteroatoms. The van der Waals surface area contributed by atoms with Crippen LogP contribution in [0.4, 0.5) is 0 Å². The number of rotatable bonds is 0. The molecule has 2 saturated carbocycles. The minimum absolute atomic E-state index is 0.189. The summed E-state index contributed by atoms with van der Waals surface area (Å²) < 4.78 is 0. The standard InChI is InChI=1S/C10H18O2/c1-6-5-7-3-2-4-8(11)9(7)10(6)12/h6-12H,2-5H2,1H3. The Kier molecular flexibility index (Phi) is 2.13. The van der Waals surface area contributed by atoms with Crippen molar-refractivity contribution in [3.8, 4) is 0 Å². The Balaban J connectivity index is 2.12. The molecular weight excluding hydrogens is 152 g/mol. The van der Waals surface area contributed by atoms with Crippen LogP contribution in [0.3, 0.4) is 0 Å². The maximum Gasteiger partial charge on any atom is 0.0621 e. The monoisotopic (exact) mass is 170 g/mol. The molecule has 2 aliphatic carbocycles. The van der Waals surface area contributed by atoms with Crippen LogP contribution in [0.5, 0.6) is 0 Å². The van der Waals surface area contributed by atoms with Gasteiger partial charge in [0.15, 0.2) is 0 Å². The zero-order valence-corrected chi connectivity index (χ0v) is 7.61. The Morgan fingerprint density at radius 3 is 2.58 bits per heavy atom. The van der Waals surface area contributed by atoms with Crippen LogP contribution >= 0.6 is 0 Å². The van der Waals surface area contributed by atoms with E-state index in [9.17, 15) is 10.2 Å². The van der Waals surface area contributed by atoms with E-state index in [-0.39, 0.29) is 18.1 Å². The summed E-state index contributed by atoms with van der Waals surface area (Å²) in [5, 5.41) is 19.5. The molecule has 0 aromatic rings. The number of hydrogen-bond acceptors (Lipinski definition) is 2. The second kappa shape index (κ2) is 3.00. The van der Waals surface area contributed by atoms with Crippen molar-refractivity contribution in [2.45, 2.75) is 44.8 Å². The first kappa shape index (κ1) is 8.52. The third-order valence-electron chi connectivity index (χ3n) is 3.72. The highest BCUT2D eigenvalue weighted by Gasteiger charge is 2.45. The largest absolute Gasteiger partial charge is 0.393 e. The molecule has 0 aliphatic heterocycles. The molecule has 2 N–H and O–H groups in total. The molecule has 2 rings (SSSR count). The molecule has 0 saturated heterocycles. The van der Waals surface area contributed by atoms with Gasteiger partial charge in [-0.15, -0.1) is 0 Å². The lowest BCUT2D eigenvalue weighted by Crippen LogP contribution is -2.36. The summed E-state index contributed by atoms with van der Waals surface area (Å²) in [6.45, 7) is 2.09. The molecule has 0 bridgehead atoms. The van der Waals surface area contributed by atoms with Gasteiger partial charge in [0.05, 0.1) is 12.2 Å². The summed E-state index contributed by atoms with van der Waals surface area (Å²) >= 11 is 0. The molecule has 2 fully saturated rings. The van der Waals surface area contributed by atoms with Gasteiger partial charge in [-0.2, -0.15) is 0 Å². The van der Waals surface area contributed by atoms with Crippen LogP contribution in [0.25, 0.3) is 0 Å². The predicted octanol–water partition coefficient (Wildman–Crippen LogP) is 1.16. The summed E-state index contributed by atoms with van der Waals surface area (Å²) in [5.41, 5.74) is 0. The topological polar surface area (TPSA) is 40.5 Å². The average Bonchev–Trinajstić information content (AvgIpc) is 2.29. The number of aliphatic hydroxyl groups is 2. The molecule has 2 aliphatic rings. The minimum Gasteiger partial charge on any atom is -0.393 e. The lowest BCUT2D eigenvalue weighted by molar-refractivity contribution is -0.0200. The van der Waals surface area contributed by atoms with Gasteiger partial charge in [-0.1, -0.05) is 13.3 Å². The van der Waals surface area contributed by atoms with E-state index in [2.05, 4.69) is 6.92 Å². The minimum atomic E-state index is -0.245. The Morgan fingerprint density at radius 1 is 1.17 bits per heavy atom. The van der Waals surface area contributed by atoms with E-state index in [1.54, 1.807) is 0 Å². The van der Waals surface area contributed by atoms with E-state index < -0.39 is 0 Å². The second-order valence-electron chi connectivity index (χ2n) is 4.54. The molecule has 12 heavy (non-hydrogen) atoms. The summed E-state index contributed by atoms with van der Waals surface area (Å²) in [5.74, 6) is 1.18. The van der Waals surface area contributed by atoms with E-state index in [4.69, 9.17) is 0 Å². The lowest BCUT2D eigenvalue weighted by Gasteiger charge is -2.32. The van der Waals surface area contributed by atoms with Crippen molar-refractivity contribution < 1.29 is 10.2 Å². The zero-order chi connectivity index (χ0) is 8.72. The second-order valence-corrected chi connectivity index (χ2v) is 4.54. The zero-order valence-electron chi connectivity index (χ0n) is 7.61. The van der Waals surface area contributed by atoms with E-state index in [0.717, 1.165) is 19.3 Å². The van der Waals surface area contributed by atoms with Gasteiger partial charge < -0.3 is 10.2 Å². The molecule has 0 spiro atoms. The molecule has 0 amide bonds. The van der Waals surface area contributed by atoms with E-state index in [1.165, 1.54) is 6.42 Å². The molecule has 0 radical (unpaired) electrons. The van der Waals surface area contributed by atoms with Crippen LogP contribution in [0.2, 0.25) is 0 Å². The quantitative estimate of drug-likeness (QED) is 0.573. The van der Waals surface area contributed by atoms with E-state index in [1.807, 2.05) is 0 Å². The average molecular weight is 170 g/mol. The van der Waals surface area contributed by atoms with Crippen molar-refractivity contribution in [1.29, 1.82) is 0 Å². The normalized spacial score (nSPS) is 53.8. The molecule has 5 unspecified atom stereocenters. The first-order valence-corrected chi connectivity index (χ1v) is 5.06. The molecule has 5 atom stereocenters. The fraction of sp³-hybridized carbons (Fsp3) is 1.00. The van der Waals surface area contributed by atoms with Crippen LogP contribution in [-0.4, -0.2) is 22.4 Å². The van der Waals surface area contributed by atoms with E-state index in [0.29, 0.717) is 11.8 Å². The third-order valence-corrected chi connectivity index (χ3v) is 3.72. The molecule has 0 aromatic heterocycles. The van der Waals surface area contributed by atoms with Crippen molar-refractivity contribution in [2.24, 2.45) is 17.8 Å². The summed E-state index contributed by atoms with van der Waals surface area (Å²) in [4.78, 5) is 0. The first-order valence-electron chi connectivity index (χ1n) is 5.06. The number of aliphatic hydroxyl groups excluding tert-OH is 2. The maximum absolute atomic E-state index is 9.80. The van der Waals surface area contributed by atoms with Crippen LogP contribution in [-0.2, 0) is 0 Å². The van der Waals surface area contributed by atoms with Gasteiger partial charge in [-0.25, -0.2) is 0 Å². The van der Waals surface area contributed by atoms with Crippen molar-refractivity contribution in [2.75, 3.05) is 0 Å². The SMILES string of the molecule is CC1CC2CCCC(O)C2C1O. The number of hydrogen-bond donors (Lipinski definition) is 2. The highest BCUT2D eigenvalue weighted by atomic mass is 16.3. The summed E-state index contributed by atoms with van der Waals surface area (Å²) in [7, 11) is 0. The molecule has 0 aromatic carbocycles. The Morgan fingerprint density at radius 2 is 1.92 bits per heavy atom. The van der Waals surface area contributed by atoms with Crippen LogP contribution in [0, 0.1) is 17.8 Å². The highest BCUT2D eigenvalue weighted by molar-refractivity contribution is 4.95. The lowest BCUT2D eigenvalue weighted by atomic mass is 9.79.